The number of hydrogen-bond donors (Lipinski definition) is 1. The minimum absolute atomic E-state index is 0.0532. The summed E-state index contributed by atoms with van der Waals surface area (Å²) < 4.78 is 5.38. The Hall–Kier alpha value is -2.37. The molecule has 2 aliphatic rings. The van der Waals surface area contributed by atoms with Crippen molar-refractivity contribution in [2.75, 3.05) is 45.9 Å². The van der Waals surface area contributed by atoms with Gasteiger partial charge >= 0.3 is 6.03 Å². The number of likely N-dealkylation sites (tertiary alicyclic amines) is 1. The van der Waals surface area contributed by atoms with E-state index in [1.165, 1.54) is 11.1 Å². The van der Waals surface area contributed by atoms with Gasteiger partial charge in [-0.3, -0.25) is 4.90 Å². The summed E-state index contributed by atoms with van der Waals surface area (Å²) in [6, 6.07) is 21.5. The van der Waals surface area contributed by atoms with Gasteiger partial charge in [0.15, 0.2) is 0 Å². The fraction of sp³-hybridized carbons (Fsp3) is 0.480. The third-order valence-electron chi connectivity index (χ3n) is 6.50. The minimum Gasteiger partial charge on any atom is -0.378 e. The van der Waals surface area contributed by atoms with Crippen molar-refractivity contribution in [1.29, 1.82) is 0 Å². The van der Waals surface area contributed by atoms with E-state index >= 15 is 0 Å². The van der Waals surface area contributed by atoms with E-state index in [4.69, 9.17) is 4.74 Å². The minimum atomic E-state index is 0.0532. The maximum atomic E-state index is 12.7. The smallest absolute Gasteiger partial charge is 0.317 e. The lowest BCUT2D eigenvalue weighted by molar-refractivity contribution is 0.0503. The fourth-order valence-corrected chi connectivity index (χ4v) is 4.61. The van der Waals surface area contributed by atoms with E-state index in [0.29, 0.717) is 26.3 Å². The quantitative estimate of drug-likeness (QED) is 0.796. The van der Waals surface area contributed by atoms with E-state index in [1.807, 2.05) is 4.90 Å². The summed E-state index contributed by atoms with van der Waals surface area (Å²) in [6.07, 6.45) is 3.20. The molecule has 0 unspecified atom stereocenters. The van der Waals surface area contributed by atoms with E-state index in [0.717, 1.165) is 45.4 Å². The second-order valence-electron chi connectivity index (χ2n) is 8.68. The van der Waals surface area contributed by atoms with Gasteiger partial charge in [-0.2, -0.15) is 0 Å². The highest BCUT2D eigenvalue weighted by molar-refractivity contribution is 5.74. The van der Waals surface area contributed by atoms with Gasteiger partial charge in [0.1, 0.15) is 0 Å². The zero-order chi connectivity index (χ0) is 20.7. The number of morpholine rings is 1. The topological polar surface area (TPSA) is 44.8 Å². The molecule has 0 atom stereocenters. The van der Waals surface area contributed by atoms with E-state index in [-0.39, 0.29) is 11.4 Å². The number of urea groups is 1. The van der Waals surface area contributed by atoms with E-state index in [2.05, 4.69) is 70.9 Å². The van der Waals surface area contributed by atoms with Gasteiger partial charge in [0, 0.05) is 26.2 Å². The lowest BCUT2D eigenvalue weighted by Crippen LogP contribution is -2.51. The molecule has 0 bridgehead atoms. The molecule has 1 N–H and O–H groups in total. The van der Waals surface area contributed by atoms with E-state index < -0.39 is 0 Å². The molecule has 5 nitrogen and oxygen atoms in total. The predicted molar refractivity (Wildman–Crippen MR) is 119 cm³/mol. The van der Waals surface area contributed by atoms with Gasteiger partial charge in [-0.25, -0.2) is 4.79 Å². The van der Waals surface area contributed by atoms with Crippen LogP contribution in [0.3, 0.4) is 0 Å². The molecule has 5 heteroatoms. The molecule has 2 aliphatic heterocycles. The van der Waals surface area contributed by atoms with Gasteiger partial charge in [0.25, 0.3) is 0 Å². The maximum absolute atomic E-state index is 12.7. The van der Waals surface area contributed by atoms with Crippen LogP contribution in [0.15, 0.2) is 60.7 Å². The molecule has 2 heterocycles. The van der Waals surface area contributed by atoms with Crippen molar-refractivity contribution in [2.24, 2.45) is 5.41 Å². The predicted octanol–water partition coefficient (Wildman–Crippen LogP) is 3.55. The van der Waals surface area contributed by atoms with Gasteiger partial charge in [-0.05, 0) is 48.9 Å². The summed E-state index contributed by atoms with van der Waals surface area (Å²) in [7, 11) is 0. The number of carbonyl (C=O) groups excluding carboxylic acids is 1. The van der Waals surface area contributed by atoms with Crippen molar-refractivity contribution in [3.05, 3.63) is 71.8 Å². The number of hydrogen-bond acceptors (Lipinski definition) is 3. The maximum Gasteiger partial charge on any atom is 0.317 e. The Morgan fingerprint density at radius 2 is 1.47 bits per heavy atom. The highest BCUT2D eigenvalue weighted by Crippen LogP contribution is 2.35. The molecule has 2 aromatic carbocycles. The molecule has 0 saturated carbocycles. The molecule has 2 aromatic rings. The Morgan fingerprint density at radius 1 is 0.867 bits per heavy atom. The molecular weight excluding hydrogens is 374 g/mol. The summed E-state index contributed by atoms with van der Waals surface area (Å²) in [5, 5.41) is 3.26. The molecule has 0 radical (unpaired) electrons. The number of benzene rings is 2. The molecule has 0 spiro atoms. The summed E-state index contributed by atoms with van der Waals surface area (Å²) in [4.78, 5) is 17.1. The van der Waals surface area contributed by atoms with Crippen LogP contribution < -0.4 is 5.32 Å². The van der Waals surface area contributed by atoms with Crippen LogP contribution in [-0.2, 0) is 17.7 Å². The Balaban J connectivity index is 1.39. The zero-order valence-corrected chi connectivity index (χ0v) is 17.8. The number of ether oxygens (including phenoxy) is 1. The van der Waals surface area contributed by atoms with Crippen LogP contribution in [0.25, 0.3) is 0 Å². The second kappa shape index (κ2) is 10.1. The Labute approximate surface area is 180 Å². The summed E-state index contributed by atoms with van der Waals surface area (Å²) in [5.74, 6) is 0. The SMILES string of the molecule is O=C(NCC1(Cc2ccccc2)CCN(Cc2ccccc2)CC1)N1CCOCC1. The van der Waals surface area contributed by atoms with Crippen molar-refractivity contribution in [3.63, 3.8) is 0 Å². The number of piperidine rings is 1. The third-order valence-corrected chi connectivity index (χ3v) is 6.50. The fourth-order valence-electron chi connectivity index (χ4n) is 4.61. The first-order valence-corrected chi connectivity index (χ1v) is 11.1. The Kier molecular flexibility index (Phi) is 7.03. The van der Waals surface area contributed by atoms with Crippen molar-refractivity contribution in [1.82, 2.24) is 15.1 Å². The first-order valence-electron chi connectivity index (χ1n) is 11.1. The van der Waals surface area contributed by atoms with Crippen LogP contribution in [0.2, 0.25) is 0 Å². The normalized spacial score (nSPS) is 19.4. The molecule has 0 aromatic heterocycles. The Bertz CT molecular complexity index is 783. The lowest BCUT2D eigenvalue weighted by atomic mass is 9.73. The van der Waals surface area contributed by atoms with Crippen LogP contribution >= 0.6 is 0 Å². The lowest BCUT2D eigenvalue weighted by Gasteiger charge is -2.42. The van der Waals surface area contributed by atoms with Crippen molar-refractivity contribution in [2.45, 2.75) is 25.8 Å². The van der Waals surface area contributed by atoms with Crippen molar-refractivity contribution < 1.29 is 9.53 Å². The summed E-state index contributed by atoms with van der Waals surface area (Å²) >= 11 is 0. The molecule has 2 saturated heterocycles. The first-order chi connectivity index (χ1) is 14.7. The Morgan fingerprint density at radius 3 is 2.10 bits per heavy atom. The first kappa shape index (κ1) is 20.9. The second-order valence-corrected chi connectivity index (χ2v) is 8.68. The highest BCUT2D eigenvalue weighted by Gasteiger charge is 2.35. The van der Waals surface area contributed by atoms with Crippen molar-refractivity contribution in [3.8, 4) is 0 Å². The number of carbonyl (C=O) groups is 1. The summed E-state index contributed by atoms with van der Waals surface area (Å²) in [6.45, 7) is 6.50. The van der Waals surface area contributed by atoms with Crippen LogP contribution in [0.5, 0.6) is 0 Å². The molecule has 2 amide bonds. The monoisotopic (exact) mass is 407 g/mol. The molecule has 0 aliphatic carbocycles. The third kappa shape index (κ3) is 5.61. The van der Waals surface area contributed by atoms with Crippen LogP contribution in [-0.4, -0.2) is 61.8 Å². The molecule has 2 fully saturated rings. The van der Waals surface area contributed by atoms with Crippen LogP contribution in [0.4, 0.5) is 4.79 Å². The van der Waals surface area contributed by atoms with E-state index in [1.54, 1.807) is 0 Å². The number of amides is 2. The molecule has 160 valence electrons. The van der Waals surface area contributed by atoms with Gasteiger partial charge in [-0.15, -0.1) is 0 Å². The summed E-state index contributed by atoms with van der Waals surface area (Å²) in [5.41, 5.74) is 2.83. The zero-order valence-electron chi connectivity index (χ0n) is 17.8. The van der Waals surface area contributed by atoms with E-state index in [9.17, 15) is 4.79 Å². The van der Waals surface area contributed by atoms with Gasteiger partial charge in [-0.1, -0.05) is 60.7 Å². The average Bonchev–Trinajstić information content (AvgIpc) is 2.81. The average molecular weight is 408 g/mol. The molecular formula is C25H33N3O2. The van der Waals surface area contributed by atoms with Gasteiger partial charge in [0.2, 0.25) is 0 Å². The number of nitrogens with zero attached hydrogens (tertiary/aromatic N) is 2. The van der Waals surface area contributed by atoms with Gasteiger partial charge < -0.3 is 15.0 Å². The van der Waals surface area contributed by atoms with Crippen molar-refractivity contribution >= 4 is 6.03 Å². The largest absolute Gasteiger partial charge is 0.378 e. The standard InChI is InChI=1S/C25H33N3O2/c29-24(28-15-17-30-18-16-28)26-21-25(19-22-7-3-1-4-8-22)11-13-27(14-12-25)20-23-9-5-2-6-10-23/h1-10H,11-21H2,(H,26,29). The number of nitrogens with one attached hydrogen (secondary N) is 1. The van der Waals surface area contributed by atoms with Gasteiger partial charge in [0.05, 0.1) is 13.2 Å². The van der Waals surface area contributed by atoms with Crippen LogP contribution in [0, 0.1) is 5.41 Å². The molecule has 4 rings (SSSR count). The van der Waals surface area contributed by atoms with Crippen LogP contribution in [0.1, 0.15) is 24.0 Å². The number of rotatable bonds is 6. The molecule has 30 heavy (non-hydrogen) atoms. The highest BCUT2D eigenvalue weighted by atomic mass is 16.5.